The fourth-order valence-corrected chi connectivity index (χ4v) is 12.0. The number of carbonyl (C=O) groups excluding carboxylic acids is 4. The number of alkyl carbamates (subject to hydrolysis) is 2. The van der Waals surface area contributed by atoms with Gasteiger partial charge in [-0.15, -0.1) is 34.0 Å². The minimum atomic E-state index is -0.694. The molecule has 17 heteroatoms. The summed E-state index contributed by atoms with van der Waals surface area (Å²) in [5.41, 5.74) is 3.96. The van der Waals surface area contributed by atoms with Gasteiger partial charge in [0.1, 0.15) is 28.6 Å². The molecule has 0 unspecified atom stereocenters. The Balaban J connectivity index is 0.943. The number of likely N-dealkylation sites (tertiary alicyclic amines) is 2. The Labute approximate surface area is 366 Å². The van der Waals surface area contributed by atoms with Crippen LogP contribution in [0, 0.1) is 23.7 Å². The van der Waals surface area contributed by atoms with E-state index in [1.165, 1.54) is 33.4 Å². The third-order valence-electron chi connectivity index (χ3n) is 11.7. The smallest absolute Gasteiger partial charge is 0.407 e. The van der Waals surface area contributed by atoms with Gasteiger partial charge in [0, 0.05) is 37.1 Å². The lowest BCUT2D eigenvalue weighted by Gasteiger charge is -2.30. The maximum atomic E-state index is 13.7. The number of amides is 4. The number of thiophene rings is 3. The molecule has 0 radical (unpaired) electrons. The van der Waals surface area contributed by atoms with E-state index >= 15 is 0 Å². The molecular formula is C44H52N8O6S3. The van der Waals surface area contributed by atoms with Gasteiger partial charge >= 0.3 is 12.2 Å². The second kappa shape index (κ2) is 17.2. The molecule has 14 nitrogen and oxygen atoms in total. The average molecular weight is 885 g/mol. The summed E-state index contributed by atoms with van der Waals surface area (Å²) in [4.78, 5) is 76.4. The number of hydrogen-bond acceptors (Lipinski definition) is 11. The lowest BCUT2D eigenvalue weighted by Crippen LogP contribution is -2.51. The van der Waals surface area contributed by atoms with Crippen molar-refractivity contribution < 1.29 is 28.7 Å². The van der Waals surface area contributed by atoms with Crippen molar-refractivity contribution >= 4 is 77.8 Å². The van der Waals surface area contributed by atoms with Gasteiger partial charge in [0.15, 0.2) is 0 Å². The predicted molar refractivity (Wildman–Crippen MR) is 240 cm³/mol. The standard InChI is InChI=1S/C44H52N8O6S3/c1-21(2)36(48-43(55)57-7)41(53)51-19-23(5)13-29(51)38-45-18-28(47-38)25-9-11-26(12-10-25)31-16-33-35(59-31)17-34(60-33)32-15-27-40(61-32)50-39(46-27)30-14-24(6)20-52(30)42(54)37(22(3)4)49-44(56)58-8/h9-12,15-18,21-24,29-30,36-37H,13-14,19-20H2,1-8H3,(H,45,47)(H,46,50)(H,48,55)(H,49,56)/t23-,24-,29-,30-,36-,37-/m0/s1. The molecule has 5 aromatic heterocycles. The van der Waals surface area contributed by atoms with Crippen LogP contribution < -0.4 is 10.6 Å². The molecule has 6 aromatic rings. The summed E-state index contributed by atoms with van der Waals surface area (Å²) in [5.74, 6) is 1.62. The molecule has 2 fully saturated rings. The number of nitrogens with one attached hydrogen (secondary N) is 4. The maximum absolute atomic E-state index is 13.7. The van der Waals surface area contributed by atoms with Crippen molar-refractivity contribution in [2.24, 2.45) is 23.7 Å². The Morgan fingerprint density at radius 1 is 0.705 bits per heavy atom. The van der Waals surface area contributed by atoms with E-state index in [0.717, 1.165) is 56.5 Å². The number of nitrogens with zero attached hydrogens (tertiary/aromatic N) is 4. The minimum absolute atomic E-state index is 0.103. The molecule has 7 heterocycles. The summed E-state index contributed by atoms with van der Waals surface area (Å²) in [7, 11) is 2.60. The SMILES string of the molecule is COC(=O)N[C@H](C(=O)N1C[C@@H](C)C[C@H]1c1ncc(-c2ccc(-c3cc4sc(-c5cc6[nH]c([C@@H]7C[C@H](C)CN7C(=O)[C@@H](NC(=O)OC)C(C)C)nc6s5)cc4s3)cc2)[nH]1)C(C)C. The summed E-state index contributed by atoms with van der Waals surface area (Å²) < 4.78 is 12.0. The van der Waals surface area contributed by atoms with Crippen molar-refractivity contribution in [2.75, 3.05) is 27.3 Å². The molecule has 4 amide bonds. The Bertz CT molecular complexity index is 2510. The third-order valence-corrected chi connectivity index (χ3v) is 15.3. The zero-order valence-corrected chi connectivity index (χ0v) is 38.0. The number of methoxy groups -OCH3 is 2. The number of rotatable bonds is 11. The van der Waals surface area contributed by atoms with E-state index in [9.17, 15) is 19.2 Å². The molecule has 0 aliphatic carbocycles. The molecule has 0 saturated carbocycles. The van der Waals surface area contributed by atoms with Crippen LogP contribution in [-0.4, -0.2) is 93.1 Å². The van der Waals surface area contributed by atoms with Crippen molar-refractivity contribution in [3.8, 4) is 31.5 Å². The topological polar surface area (TPSA) is 175 Å². The summed E-state index contributed by atoms with van der Waals surface area (Å²) in [6.07, 6.45) is 2.16. The fraction of sp³-hybridized carbons (Fsp3) is 0.455. The number of ether oxygens (including phenoxy) is 2. The lowest BCUT2D eigenvalue weighted by molar-refractivity contribution is -0.136. The Morgan fingerprint density at radius 2 is 1.21 bits per heavy atom. The van der Waals surface area contributed by atoms with Crippen LogP contribution in [0.5, 0.6) is 0 Å². The normalized spacial score (nSPS) is 20.2. The molecule has 0 spiro atoms. The quantitative estimate of drug-likeness (QED) is 0.0997. The van der Waals surface area contributed by atoms with Gasteiger partial charge in [-0.05, 0) is 65.8 Å². The van der Waals surface area contributed by atoms with Crippen LogP contribution in [0.25, 0.3) is 51.2 Å². The summed E-state index contributed by atoms with van der Waals surface area (Å²) >= 11 is 5.18. The average Bonchev–Trinajstić information content (AvgIpc) is 4.09. The van der Waals surface area contributed by atoms with Crippen molar-refractivity contribution in [3.05, 3.63) is 60.3 Å². The zero-order chi connectivity index (χ0) is 43.3. The molecule has 61 heavy (non-hydrogen) atoms. The van der Waals surface area contributed by atoms with Crippen molar-refractivity contribution in [1.82, 2.24) is 40.4 Å². The van der Waals surface area contributed by atoms with Gasteiger partial charge in [0.25, 0.3) is 0 Å². The fourth-order valence-electron chi connectivity index (χ4n) is 8.53. The van der Waals surface area contributed by atoms with Crippen LogP contribution in [0.3, 0.4) is 0 Å². The highest BCUT2D eigenvalue weighted by molar-refractivity contribution is 7.33. The molecule has 2 aliphatic heterocycles. The van der Waals surface area contributed by atoms with Crippen LogP contribution >= 0.6 is 34.0 Å². The maximum Gasteiger partial charge on any atom is 0.407 e. The Kier molecular flexibility index (Phi) is 12.0. The number of benzene rings is 1. The summed E-state index contributed by atoms with van der Waals surface area (Å²) in [6.45, 7) is 13.1. The first kappa shape index (κ1) is 42.4. The van der Waals surface area contributed by atoms with Crippen molar-refractivity contribution in [2.45, 2.75) is 78.6 Å². The third kappa shape index (κ3) is 8.51. The first-order valence-electron chi connectivity index (χ1n) is 20.7. The second-order valence-electron chi connectivity index (χ2n) is 17.1. The van der Waals surface area contributed by atoms with Crippen LogP contribution in [0.1, 0.15) is 78.1 Å². The number of aromatic amines is 2. The highest BCUT2D eigenvalue weighted by atomic mass is 32.1. The minimum Gasteiger partial charge on any atom is -0.453 e. The molecule has 2 saturated heterocycles. The van der Waals surface area contributed by atoms with E-state index < -0.39 is 24.3 Å². The van der Waals surface area contributed by atoms with Gasteiger partial charge in [-0.3, -0.25) is 9.59 Å². The van der Waals surface area contributed by atoms with Crippen LogP contribution in [0.2, 0.25) is 0 Å². The van der Waals surface area contributed by atoms with Gasteiger partial charge in [-0.1, -0.05) is 65.8 Å². The van der Waals surface area contributed by atoms with Gasteiger partial charge < -0.3 is 39.9 Å². The monoisotopic (exact) mass is 884 g/mol. The number of carbonyl (C=O) groups is 4. The Morgan fingerprint density at radius 3 is 1.75 bits per heavy atom. The first-order valence-corrected chi connectivity index (χ1v) is 23.1. The summed E-state index contributed by atoms with van der Waals surface area (Å²) in [5, 5.41) is 5.45. The van der Waals surface area contributed by atoms with Crippen molar-refractivity contribution in [3.63, 3.8) is 0 Å². The molecule has 8 rings (SSSR count). The van der Waals surface area contributed by atoms with Gasteiger partial charge in [0.05, 0.1) is 43.7 Å². The van der Waals surface area contributed by atoms with E-state index in [4.69, 9.17) is 19.4 Å². The highest BCUT2D eigenvalue weighted by Crippen LogP contribution is 2.45. The number of imidazole rings is 2. The van der Waals surface area contributed by atoms with E-state index in [2.05, 4.69) is 76.9 Å². The van der Waals surface area contributed by atoms with Gasteiger partial charge in [-0.25, -0.2) is 19.6 Å². The molecule has 6 atom stereocenters. The number of hydrogen-bond donors (Lipinski definition) is 4. The molecular weight excluding hydrogens is 833 g/mol. The van der Waals surface area contributed by atoms with E-state index in [1.807, 2.05) is 43.7 Å². The van der Waals surface area contributed by atoms with Crippen LogP contribution in [-0.2, 0) is 19.1 Å². The number of aromatic nitrogens is 4. The zero-order valence-electron chi connectivity index (χ0n) is 35.5. The Hall–Kier alpha value is -5.26. The van der Waals surface area contributed by atoms with Crippen LogP contribution in [0.4, 0.5) is 9.59 Å². The number of fused-ring (bicyclic) bond motifs is 2. The van der Waals surface area contributed by atoms with Crippen LogP contribution in [0.15, 0.2) is 48.7 Å². The molecule has 2 aliphatic rings. The largest absolute Gasteiger partial charge is 0.453 e. The van der Waals surface area contributed by atoms with Gasteiger partial charge in [0.2, 0.25) is 11.8 Å². The first-order chi connectivity index (χ1) is 29.2. The lowest BCUT2D eigenvalue weighted by atomic mass is 10.0. The molecule has 0 bridgehead atoms. The van der Waals surface area contributed by atoms with E-state index in [-0.39, 0.29) is 41.7 Å². The van der Waals surface area contributed by atoms with Crippen molar-refractivity contribution in [1.29, 1.82) is 0 Å². The van der Waals surface area contributed by atoms with Gasteiger partial charge in [-0.2, -0.15) is 0 Å². The molecule has 1 aromatic carbocycles. The molecule has 4 N–H and O–H groups in total. The highest BCUT2D eigenvalue weighted by Gasteiger charge is 2.42. The number of H-pyrrole nitrogens is 2. The second-order valence-corrected chi connectivity index (χ2v) is 20.3. The van der Waals surface area contributed by atoms with E-state index in [0.29, 0.717) is 19.0 Å². The molecule has 322 valence electrons. The predicted octanol–water partition coefficient (Wildman–Crippen LogP) is 9.20. The van der Waals surface area contributed by atoms with E-state index in [1.54, 1.807) is 34.0 Å². The summed E-state index contributed by atoms with van der Waals surface area (Å²) in [6, 6.07) is 13.3.